The second kappa shape index (κ2) is 5.39. The second-order valence-electron chi connectivity index (χ2n) is 3.92. The largest absolute Gasteiger partial charge is 0.467 e. The summed E-state index contributed by atoms with van der Waals surface area (Å²) in [6, 6.07) is 0.372. The first-order valence-corrected chi connectivity index (χ1v) is 6.66. The number of anilines is 2. The standard InChI is InChI=1S/C10H17N5OS/c1-14(2)8-11-9(13-10(12-8)16-3)15-4-6-17-7-5-15/h4-7H2,1-3H3. The van der Waals surface area contributed by atoms with E-state index in [1.165, 1.54) is 0 Å². The third kappa shape index (κ3) is 2.91. The minimum atomic E-state index is 0.372. The maximum Gasteiger partial charge on any atom is 0.322 e. The van der Waals surface area contributed by atoms with E-state index in [2.05, 4.69) is 19.9 Å². The fourth-order valence-electron chi connectivity index (χ4n) is 1.53. The minimum Gasteiger partial charge on any atom is -0.467 e. The third-order valence-corrected chi connectivity index (χ3v) is 3.41. The maximum atomic E-state index is 5.12. The second-order valence-corrected chi connectivity index (χ2v) is 5.14. The molecule has 2 rings (SSSR count). The molecule has 1 fully saturated rings. The molecule has 0 saturated carbocycles. The summed E-state index contributed by atoms with van der Waals surface area (Å²) < 4.78 is 5.12. The van der Waals surface area contributed by atoms with E-state index in [1.807, 2.05) is 30.8 Å². The monoisotopic (exact) mass is 255 g/mol. The summed E-state index contributed by atoms with van der Waals surface area (Å²) in [4.78, 5) is 17.0. The predicted octanol–water partition coefficient (Wildman–Crippen LogP) is 0.499. The van der Waals surface area contributed by atoms with Crippen molar-refractivity contribution in [2.45, 2.75) is 0 Å². The normalized spacial score (nSPS) is 15.8. The highest BCUT2D eigenvalue weighted by molar-refractivity contribution is 7.99. The molecule has 0 spiro atoms. The molecule has 94 valence electrons. The topological polar surface area (TPSA) is 54.4 Å². The number of methoxy groups -OCH3 is 1. The van der Waals surface area contributed by atoms with Gasteiger partial charge in [0.1, 0.15) is 0 Å². The van der Waals surface area contributed by atoms with Crippen LogP contribution in [-0.4, -0.2) is 60.8 Å². The molecule has 0 N–H and O–H groups in total. The molecule has 7 heteroatoms. The molecular formula is C10H17N5OS. The Balaban J connectivity index is 2.28. The zero-order chi connectivity index (χ0) is 12.3. The summed E-state index contributed by atoms with van der Waals surface area (Å²) in [5.74, 6) is 3.57. The van der Waals surface area contributed by atoms with Gasteiger partial charge in [-0.05, 0) is 0 Å². The Morgan fingerprint density at radius 2 is 1.88 bits per heavy atom. The fraction of sp³-hybridized carbons (Fsp3) is 0.700. The highest BCUT2D eigenvalue weighted by atomic mass is 32.2. The minimum absolute atomic E-state index is 0.372. The van der Waals surface area contributed by atoms with E-state index in [-0.39, 0.29) is 0 Å². The zero-order valence-electron chi connectivity index (χ0n) is 10.4. The van der Waals surface area contributed by atoms with E-state index in [0.717, 1.165) is 24.6 Å². The van der Waals surface area contributed by atoms with Crippen LogP contribution in [0, 0.1) is 0 Å². The smallest absolute Gasteiger partial charge is 0.322 e. The number of thioether (sulfide) groups is 1. The average Bonchev–Trinajstić information content (AvgIpc) is 2.39. The first-order valence-electron chi connectivity index (χ1n) is 5.51. The molecule has 0 radical (unpaired) electrons. The number of aromatic nitrogens is 3. The van der Waals surface area contributed by atoms with Crippen LogP contribution in [0.2, 0.25) is 0 Å². The van der Waals surface area contributed by atoms with Crippen molar-refractivity contribution in [3.63, 3.8) is 0 Å². The molecule has 1 aliphatic rings. The first-order chi connectivity index (χ1) is 8.20. The number of rotatable bonds is 3. The third-order valence-electron chi connectivity index (χ3n) is 2.47. The van der Waals surface area contributed by atoms with E-state index in [9.17, 15) is 0 Å². The fourth-order valence-corrected chi connectivity index (χ4v) is 2.43. The molecule has 1 aromatic rings. The van der Waals surface area contributed by atoms with Gasteiger partial charge in [0.15, 0.2) is 0 Å². The molecule has 0 amide bonds. The maximum absolute atomic E-state index is 5.12. The molecule has 0 bridgehead atoms. The van der Waals surface area contributed by atoms with Gasteiger partial charge in [-0.1, -0.05) is 0 Å². The van der Waals surface area contributed by atoms with E-state index in [4.69, 9.17) is 4.74 Å². The Bertz CT molecular complexity index is 381. The van der Waals surface area contributed by atoms with Gasteiger partial charge in [-0.3, -0.25) is 0 Å². The van der Waals surface area contributed by atoms with Gasteiger partial charge in [0.25, 0.3) is 0 Å². The van der Waals surface area contributed by atoms with Crippen LogP contribution in [0.5, 0.6) is 6.01 Å². The lowest BCUT2D eigenvalue weighted by Gasteiger charge is -2.26. The Kier molecular flexibility index (Phi) is 3.88. The average molecular weight is 255 g/mol. The molecule has 0 atom stereocenters. The van der Waals surface area contributed by atoms with Gasteiger partial charge in [-0.15, -0.1) is 0 Å². The van der Waals surface area contributed by atoms with Gasteiger partial charge in [-0.25, -0.2) is 0 Å². The number of ether oxygens (including phenoxy) is 1. The summed E-state index contributed by atoms with van der Waals surface area (Å²) in [6.07, 6.45) is 0. The molecule has 6 nitrogen and oxygen atoms in total. The molecule has 0 aromatic carbocycles. The number of hydrogen-bond acceptors (Lipinski definition) is 7. The molecule has 1 aromatic heterocycles. The molecule has 17 heavy (non-hydrogen) atoms. The van der Waals surface area contributed by atoms with Gasteiger partial charge < -0.3 is 14.5 Å². The van der Waals surface area contributed by atoms with Gasteiger partial charge in [0.2, 0.25) is 11.9 Å². The predicted molar refractivity (Wildman–Crippen MR) is 70.2 cm³/mol. The molecular weight excluding hydrogens is 238 g/mol. The van der Waals surface area contributed by atoms with E-state index >= 15 is 0 Å². The highest BCUT2D eigenvalue weighted by Crippen LogP contribution is 2.19. The SMILES string of the molecule is COc1nc(N(C)C)nc(N2CCSCC2)n1. The number of hydrogen-bond donors (Lipinski definition) is 0. The number of nitrogens with zero attached hydrogens (tertiary/aromatic N) is 5. The van der Waals surface area contributed by atoms with Crippen molar-refractivity contribution in [3.05, 3.63) is 0 Å². The summed E-state index contributed by atoms with van der Waals surface area (Å²) in [6.45, 7) is 1.95. The van der Waals surface area contributed by atoms with Gasteiger partial charge in [-0.2, -0.15) is 26.7 Å². The van der Waals surface area contributed by atoms with Crippen LogP contribution in [0.25, 0.3) is 0 Å². The van der Waals surface area contributed by atoms with Crippen molar-refractivity contribution < 1.29 is 4.74 Å². The van der Waals surface area contributed by atoms with Crippen LogP contribution in [0.3, 0.4) is 0 Å². The van der Waals surface area contributed by atoms with E-state index < -0.39 is 0 Å². The first kappa shape index (κ1) is 12.2. The molecule has 1 aliphatic heterocycles. The van der Waals surface area contributed by atoms with Gasteiger partial charge in [0, 0.05) is 38.7 Å². The summed E-state index contributed by atoms with van der Waals surface area (Å²) in [5.41, 5.74) is 0. The van der Waals surface area contributed by atoms with Crippen LogP contribution < -0.4 is 14.5 Å². The van der Waals surface area contributed by atoms with E-state index in [0.29, 0.717) is 17.9 Å². The summed E-state index contributed by atoms with van der Waals surface area (Å²) >= 11 is 1.96. The molecule has 1 saturated heterocycles. The Hall–Kier alpha value is -1.24. The highest BCUT2D eigenvalue weighted by Gasteiger charge is 2.17. The van der Waals surface area contributed by atoms with Crippen molar-refractivity contribution in [1.82, 2.24) is 15.0 Å². The summed E-state index contributed by atoms with van der Waals surface area (Å²) in [5, 5.41) is 0. The van der Waals surface area contributed by atoms with Crippen molar-refractivity contribution >= 4 is 23.7 Å². The van der Waals surface area contributed by atoms with Crippen molar-refractivity contribution in [2.24, 2.45) is 0 Å². The van der Waals surface area contributed by atoms with Crippen LogP contribution >= 0.6 is 11.8 Å². The van der Waals surface area contributed by atoms with Gasteiger partial charge in [0.05, 0.1) is 7.11 Å². The van der Waals surface area contributed by atoms with Crippen molar-refractivity contribution in [2.75, 3.05) is 55.6 Å². The molecule has 0 unspecified atom stereocenters. The van der Waals surface area contributed by atoms with Crippen LogP contribution in [0.1, 0.15) is 0 Å². The van der Waals surface area contributed by atoms with Crippen LogP contribution in [0.4, 0.5) is 11.9 Å². The lowest BCUT2D eigenvalue weighted by Crippen LogP contribution is -2.34. The Morgan fingerprint density at radius 3 is 2.47 bits per heavy atom. The quantitative estimate of drug-likeness (QED) is 0.779. The lowest BCUT2D eigenvalue weighted by atomic mass is 10.5. The Labute approximate surface area is 105 Å². The summed E-state index contributed by atoms with van der Waals surface area (Å²) in [7, 11) is 5.39. The molecule has 0 aliphatic carbocycles. The van der Waals surface area contributed by atoms with Crippen LogP contribution in [0.15, 0.2) is 0 Å². The van der Waals surface area contributed by atoms with E-state index in [1.54, 1.807) is 7.11 Å². The molecule has 2 heterocycles. The van der Waals surface area contributed by atoms with Crippen LogP contribution in [-0.2, 0) is 0 Å². The lowest BCUT2D eigenvalue weighted by molar-refractivity contribution is 0.378. The van der Waals surface area contributed by atoms with Crippen molar-refractivity contribution in [3.8, 4) is 6.01 Å². The van der Waals surface area contributed by atoms with Gasteiger partial charge >= 0.3 is 6.01 Å². The zero-order valence-corrected chi connectivity index (χ0v) is 11.2. The van der Waals surface area contributed by atoms with Crippen molar-refractivity contribution in [1.29, 1.82) is 0 Å². The Morgan fingerprint density at radius 1 is 1.18 bits per heavy atom.